The van der Waals surface area contributed by atoms with Gasteiger partial charge in [-0.1, -0.05) is 69.3 Å². The lowest BCUT2D eigenvalue weighted by Gasteiger charge is -2.27. The minimum atomic E-state index is -0.220. The zero-order valence-electron chi connectivity index (χ0n) is 21.4. The molecule has 0 amide bonds. The van der Waals surface area contributed by atoms with E-state index in [0.29, 0.717) is 6.04 Å². The Morgan fingerprint density at radius 2 is 1.21 bits per heavy atom. The molecular weight excluding hydrogens is 404 g/mol. The average molecular weight is 449 g/mol. The summed E-state index contributed by atoms with van der Waals surface area (Å²) in [5, 5.41) is 10.3. The van der Waals surface area contributed by atoms with Gasteiger partial charge in [-0.3, -0.25) is 9.80 Å². The number of β-amino-alcohol motifs (C(OH)–C–C–N with tert-alkyl or cyclic N) is 1. The molecule has 3 nitrogen and oxygen atoms in total. The number of hydrogen-bond acceptors (Lipinski definition) is 3. The normalized spacial score (nSPS) is 26.1. The van der Waals surface area contributed by atoms with E-state index in [-0.39, 0.29) is 11.5 Å². The molecule has 0 saturated carbocycles. The molecule has 1 N–H and O–H groups in total. The summed E-state index contributed by atoms with van der Waals surface area (Å²) in [4.78, 5) is 4.89. The Morgan fingerprint density at radius 3 is 1.67 bits per heavy atom. The fourth-order valence-corrected chi connectivity index (χ4v) is 5.04. The van der Waals surface area contributed by atoms with Crippen molar-refractivity contribution in [1.29, 1.82) is 0 Å². The average Bonchev–Trinajstić information content (AvgIpc) is 3.69. The first-order valence-electron chi connectivity index (χ1n) is 13.1. The van der Waals surface area contributed by atoms with Gasteiger partial charge in [0.1, 0.15) is 0 Å². The minimum Gasteiger partial charge on any atom is -0.392 e. The minimum absolute atomic E-state index is 0.0192. The van der Waals surface area contributed by atoms with E-state index in [4.69, 9.17) is 0 Å². The summed E-state index contributed by atoms with van der Waals surface area (Å²) >= 11 is 0. The zero-order chi connectivity index (χ0) is 23.6. The van der Waals surface area contributed by atoms with Gasteiger partial charge in [0.2, 0.25) is 0 Å². The number of aliphatic hydroxyl groups is 1. The highest BCUT2D eigenvalue weighted by Gasteiger charge is 2.31. The van der Waals surface area contributed by atoms with Gasteiger partial charge in [-0.2, -0.15) is 0 Å². The molecule has 2 saturated heterocycles. The monoisotopic (exact) mass is 448 g/mol. The second-order valence-electron chi connectivity index (χ2n) is 11.5. The van der Waals surface area contributed by atoms with Gasteiger partial charge in [-0.15, -0.1) is 0 Å². The molecular formula is C30H44N2O. The standard InChI is InChI=1S/C30H44N2O/c1-22(18-31-19-23(31)2)6-7-25-8-13-27(14-9-25)30(4,5)28-15-10-26(11-16-28)12-17-29(33)21-32-20-24(32)3/h8-11,13-16,22-24,29,33H,6-7,12,17-21H2,1-5H3. The molecule has 2 fully saturated rings. The van der Waals surface area contributed by atoms with Crippen LogP contribution in [0, 0.1) is 5.92 Å². The van der Waals surface area contributed by atoms with Crippen molar-refractivity contribution in [2.24, 2.45) is 5.92 Å². The van der Waals surface area contributed by atoms with E-state index in [1.807, 2.05) is 0 Å². The first-order chi connectivity index (χ1) is 15.7. The number of aliphatic hydroxyl groups excluding tert-OH is 1. The van der Waals surface area contributed by atoms with E-state index in [2.05, 4.69) is 92.9 Å². The van der Waals surface area contributed by atoms with Crippen LogP contribution in [0.1, 0.15) is 69.7 Å². The summed E-state index contributed by atoms with van der Waals surface area (Å²) in [5.74, 6) is 0.764. The molecule has 6 unspecified atom stereocenters. The summed E-state index contributed by atoms with van der Waals surface area (Å²) < 4.78 is 0. The van der Waals surface area contributed by atoms with Gasteiger partial charge in [0, 0.05) is 43.7 Å². The van der Waals surface area contributed by atoms with Crippen LogP contribution in [0.15, 0.2) is 48.5 Å². The maximum absolute atomic E-state index is 10.3. The molecule has 3 heteroatoms. The summed E-state index contributed by atoms with van der Waals surface area (Å²) in [7, 11) is 0. The number of hydrogen-bond donors (Lipinski definition) is 1. The SMILES string of the molecule is CC(CCc1ccc(C(C)(C)c2ccc(CCC(O)CN3CC3C)cc2)cc1)CN1CC1C. The van der Waals surface area contributed by atoms with Crippen molar-refractivity contribution in [1.82, 2.24) is 9.80 Å². The Bertz CT molecular complexity index is 815. The number of rotatable bonds is 12. The van der Waals surface area contributed by atoms with Crippen molar-refractivity contribution in [3.05, 3.63) is 70.8 Å². The largest absolute Gasteiger partial charge is 0.392 e. The van der Waals surface area contributed by atoms with Crippen molar-refractivity contribution in [3.63, 3.8) is 0 Å². The molecule has 6 atom stereocenters. The molecule has 2 aromatic rings. The highest BCUT2D eigenvalue weighted by molar-refractivity contribution is 5.39. The van der Waals surface area contributed by atoms with Crippen LogP contribution in [0.2, 0.25) is 0 Å². The molecule has 0 aliphatic carbocycles. The van der Waals surface area contributed by atoms with Gasteiger partial charge in [0.15, 0.2) is 0 Å². The smallest absolute Gasteiger partial charge is 0.0670 e. The van der Waals surface area contributed by atoms with Gasteiger partial charge in [-0.25, -0.2) is 0 Å². The Kier molecular flexibility index (Phi) is 7.63. The third kappa shape index (κ3) is 6.68. The van der Waals surface area contributed by atoms with E-state index in [9.17, 15) is 5.11 Å². The summed E-state index contributed by atoms with van der Waals surface area (Å²) in [6.07, 6.45) is 3.99. The molecule has 2 heterocycles. The summed E-state index contributed by atoms with van der Waals surface area (Å²) in [5.41, 5.74) is 5.46. The third-order valence-corrected chi connectivity index (χ3v) is 8.01. The second kappa shape index (κ2) is 10.3. The van der Waals surface area contributed by atoms with Crippen LogP contribution in [0.25, 0.3) is 0 Å². The number of benzene rings is 2. The molecule has 2 aromatic carbocycles. The van der Waals surface area contributed by atoms with Gasteiger partial charge in [0.25, 0.3) is 0 Å². The van der Waals surface area contributed by atoms with E-state index in [1.54, 1.807) is 0 Å². The summed E-state index contributed by atoms with van der Waals surface area (Å²) in [6.45, 7) is 16.1. The van der Waals surface area contributed by atoms with Gasteiger partial charge in [0.05, 0.1) is 6.10 Å². The predicted octanol–water partition coefficient (Wildman–Crippen LogP) is 5.28. The van der Waals surface area contributed by atoms with E-state index < -0.39 is 0 Å². The van der Waals surface area contributed by atoms with Crippen LogP contribution in [0.5, 0.6) is 0 Å². The predicted molar refractivity (Wildman–Crippen MR) is 139 cm³/mol. The fraction of sp³-hybridized carbons (Fsp3) is 0.600. The van der Waals surface area contributed by atoms with Crippen LogP contribution in [0.3, 0.4) is 0 Å². The molecule has 4 rings (SSSR count). The highest BCUT2D eigenvalue weighted by Crippen LogP contribution is 2.32. The van der Waals surface area contributed by atoms with Crippen LogP contribution in [-0.4, -0.2) is 59.3 Å². The van der Waals surface area contributed by atoms with Crippen molar-refractivity contribution in [3.8, 4) is 0 Å². The van der Waals surface area contributed by atoms with E-state index in [0.717, 1.165) is 37.9 Å². The lowest BCUT2D eigenvalue weighted by atomic mass is 9.77. The molecule has 0 radical (unpaired) electrons. The lowest BCUT2D eigenvalue weighted by molar-refractivity contribution is 0.142. The Balaban J connectivity index is 1.27. The fourth-order valence-electron chi connectivity index (χ4n) is 5.04. The topological polar surface area (TPSA) is 26.2 Å². The first kappa shape index (κ1) is 24.4. The van der Waals surface area contributed by atoms with Gasteiger partial charge < -0.3 is 5.11 Å². The molecule has 0 aromatic heterocycles. The van der Waals surface area contributed by atoms with Crippen LogP contribution >= 0.6 is 0 Å². The van der Waals surface area contributed by atoms with Crippen molar-refractivity contribution >= 4 is 0 Å². The highest BCUT2D eigenvalue weighted by atomic mass is 16.3. The summed E-state index contributed by atoms with van der Waals surface area (Å²) in [6, 6.07) is 19.8. The third-order valence-electron chi connectivity index (χ3n) is 8.01. The first-order valence-corrected chi connectivity index (χ1v) is 13.1. The van der Waals surface area contributed by atoms with E-state index >= 15 is 0 Å². The molecule has 33 heavy (non-hydrogen) atoms. The Morgan fingerprint density at radius 1 is 0.788 bits per heavy atom. The maximum Gasteiger partial charge on any atom is 0.0670 e. The molecule has 0 spiro atoms. The quantitative estimate of drug-likeness (QED) is 0.447. The Labute approximate surface area is 201 Å². The van der Waals surface area contributed by atoms with Crippen LogP contribution in [0.4, 0.5) is 0 Å². The molecule has 2 aliphatic rings. The lowest BCUT2D eigenvalue weighted by Crippen LogP contribution is -2.21. The molecule has 0 bridgehead atoms. The van der Waals surface area contributed by atoms with Crippen LogP contribution < -0.4 is 0 Å². The van der Waals surface area contributed by atoms with E-state index in [1.165, 1.54) is 48.2 Å². The number of nitrogens with zero attached hydrogens (tertiary/aromatic N) is 2. The van der Waals surface area contributed by atoms with Gasteiger partial charge in [-0.05, 0) is 67.7 Å². The number of aryl methyl sites for hydroxylation is 2. The van der Waals surface area contributed by atoms with Gasteiger partial charge >= 0.3 is 0 Å². The molecule has 180 valence electrons. The Hall–Kier alpha value is -1.68. The van der Waals surface area contributed by atoms with Crippen molar-refractivity contribution < 1.29 is 5.11 Å². The van der Waals surface area contributed by atoms with Crippen molar-refractivity contribution in [2.75, 3.05) is 26.2 Å². The zero-order valence-corrected chi connectivity index (χ0v) is 21.4. The second-order valence-corrected chi connectivity index (χ2v) is 11.5. The van der Waals surface area contributed by atoms with Crippen molar-refractivity contribution in [2.45, 2.75) is 83.9 Å². The van der Waals surface area contributed by atoms with Crippen LogP contribution in [-0.2, 0) is 18.3 Å². The maximum atomic E-state index is 10.3. The molecule has 2 aliphatic heterocycles.